The lowest BCUT2D eigenvalue weighted by Crippen LogP contribution is -2.06. The van der Waals surface area contributed by atoms with Crippen LogP contribution in [0.4, 0.5) is 0 Å². The minimum atomic E-state index is 0.397. The van der Waals surface area contributed by atoms with Gasteiger partial charge < -0.3 is 0 Å². The largest absolute Gasteiger partial charge is 0.190 e. The monoisotopic (exact) mass is 248 g/mol. The van der Waals surface area contributed by atoms with E-state index in [0.29, 0.717) is 12.1 Å². The molecular formula is C16H28N2. The summed E-state index contributed by atoms with van der Waals surface area (Å²) in [6.45, 7) is 4.45. The highest BCUT2D eigenvalue weighted by Crippen LogP contribution is 2.14. The molecule has 2 heteroatoms. The predicted octanol–water partition coefficient (Wildman–Crippen LogP) is 5.46. The first kappa shape index (κ1) is 15.1. The van der Waals surface area contributed by atoms with Crippen LogP contribution in [0.5, 0.6) is 0 Å². The summed E-state index contributed by atoms with van der Waals surface area (Å²) < 4.78 is 0. The molecule has 0 aliphatic carbocycles. The Hall–Kier alpha value is -0.920. The fourth-order valence-electron chi connectivity index (χ4n) is 2.24. The van der Waals surface area contributed by atoms with Crippen LogP contribution in [-0.4, -0.2) is 12.1 Å². The van der Waals surface area contributed by atoms with E-state index in [4.69, 9.17) is 0 Å². The quantitative estimate of drug-likeness (QED) is 0.590. The summed E-state index contributed by atoms with van der Waals surface area (Å²) >= 11 is 0. The van der Waals surface area contributed by atoms with Gasteiger partial charge in [-0.05, 0) is 38.5 Å². The van der Waals surface area contributed by atoms with Gasteiger partial charge in [0.1, 0.15) is 0 Å². The van der Waals surface area contributed by atoms with Crippen molar-refractivity contribution >= 4 is 0 Å². The molecule has 0 spiro atoms. The fraction of sp³-hybridized carbons (Fsp3) is 0.750. The van der Waals surface area contributed by atoms with Crippen molar-refractivity contribution in [1.29, 1.82) is 0 Å². The third-order valence-corrected chi connectivity index (χ3v) is 3.29. The van der Waals surface area contributed by atoms with Crippen LogP contribution in [0.15, 0.2) is 34.5 Å². The first-order chi connectivity index (χ1) is 8.86. The van der Waals surface area contributed by atoms with Crippen LogP contribution in [0.3, 0.4) is 0 Å². The molecule has 0 aromatic heterocycles. The first-order valence-electron chi connectivity index (χ1n) is 7.56. The van der Waals surface area contributed by atoms with Gasteiger partial charge in [-0.1, -0.05) is 51.0 Å². The first-order valence-corrected chi connectivity index (χ1v) is 7.56. The second-order valence-corrected chi connectivity index (χ2v) is 5.11. The average Bonchev–Trinajstić information content (AvgIpc) is 2.36. The topological polar surface area (TPSA) is 24.7 Å². The number of hydrogen-bond acceptors (Lipinski definition) is 2. The maximum absolute atomic E-state index is 4.59. The minimum Gasteiger partial charge on any atom is -0.190 e. The molecule has 0 aromatic carbocycles. The van der Waals surface area contributed by atoms with Crippen molar-refractivity contribution in [2.24, 2.45) is 10.2 Å². The Kier molecular flexibility index (Phi) is 8.45. The van der Waals surface area contributed by atoms with Crippen molar-refractivity contribution in [3.05, 3.63) is 24.3 Å². The van der Waals surface area contributed by atoms with E-state index >= 15 is 0 Å². The molecule has 1 aliphatic heterocycles. The Morgan fingerprint density at radius 1 is 0.778 bits per heavy atom. The lowest BCUT2D eigenvalue weighted by molar-refractivity contribution is 0.519. The van der Waals surface area contributed by atoms with E-state index in [-0.39, 0.29) is 0 Å². The van der Waals surface area contributed by atoms with Crippen LogP contribution >= 0.6 is 0 Å². The van der Waals surface area contributed by atoms with E-state index in [0.717, 1.165) is 38.5 Å². The Labute approximate surface area is 112 Å². The summed E-state index contributed by atoms with van der Waals surface area (Å²) in [6.07, 6.45) is 18.3. The van der Waals surface area contributed by atoms with Gasteiger partial charge in [0.25, 0.3) is 0 Å². The molecule has 2 nitrogen and oxygen atoms in total. The number of nitrogens with zero attached hydrogens (tertiary/aromatic N) is 2. The smallest absolute Gasteiger partial charge is 0.0742 e. The molecule has 0 saturated heterocycles. The Balaban J connectivity index is 2.64. The average molecular weight is 248 g/mol. The zero-order valence-corrected chi connectivity index (χ0v) is 12.0. The predicted molar refractivity (Wildman–Crippen MR) is 79.0 cm³/mol. The normalized spacial score (nSPS) is 31.0. The number of azo groups is 1. The summed E-state index contributed by atoms with van der Waals surface area (Å²) in [5.74, 6) is 0. The van der Waals surface area contributed by atoms with E-state index < -0.39 is 0 Å². The fourth-order valence-corrected chi connectivity index (χ4v) is 2.24. The van der Waals surface area contributed by atoms with Gasteiger partial charge in [0.15, 0.2) is 0 Å². The third-order valence-electron chi connectivity index (χ3n) is 3.29. The van der Waals surface area contributed by atoms with Gasteiger partial charge >= 0.3 is 0 Å². The molecule has 0 saturated carbocycles. The number of rotatable bonds is 4. The zero-order chi connectivity index (χ0) is 13.1. The molecule has 1 rings (SSSR count). The highest BCUT2D eigenvalue weighted by atomic mass is 15.1. The molecular weight excluding hydrogens is 220 g/mol. The molecule has 2 unspecified atom stereocenters. The Morgan fingerprint density at radius 3 is 1.61 bits per heavy atom. The highest BCUT2D eigenvalue weighted by molar-refractivity contribution is 4.92. The number of hydrogen-bond donors (Lipinski definition) is 0. The molecule has 0 N–H and O–H groups in total. The molecule has 18 heavy (non-hydrogen) atoms. The second-order valence-electron chi connectivity index (χ2n) is 5.11. The van der Waals surface area contributed by atoms with Gasteiger partial charge in [0.2, 0.25) is 0 Å². The molecule has 2 atom stereocenters. The van der Waals surface area contributed by atoms with Gasteiger partial charge in [0.05, 0.1) is 12.1 Å². The van der Waals surface area contributed by atoms with Crippen LogP contribution in [0, 0.1) is 0 Å². The maximum Gasteiger partial charge on any atom is 0.0742 e. The van der Waals surface area contributed by atoms with Gasteiger partial charge in [-0.25, -0.2) is 0 Å². The lowest BCUT2D eigenvalue weighted by atomic mass is 10.1. The van der Waals surface area contributed by atoms with E-state index in [1.165, 1.54) is 12.8 Å². The van der Waals surface area contributed by atoms with Crippen molar-refractivity contribution < 1.29 is 0 Å². The van der Waals surface area contributed by atoms with Gasteiger partial charge in [-0.2, -0.15) is 10.2 Å². The zero-order valence-electron chi connectivity index (χ0n) is 12.0. The summed E-state index contributed by atoms with van der Waals surface area (Å²) in [7, 11) is 0. The van der Waals surface area contributed by atoms with Crippen molar-refractivity contribution in [2.45, 2.75) is 77.3 Å². The molecule has 1 heterocycles. The van der Waals surface area contributed by atoms with Gasteiger partial charge in [-0.15, -0.1) is 0 Å². The van der Waals surface area contributed by atoms with Crippen molar-refractivity contribution in [3.8, 4) is 0 Å². The summed E-state index contributed by atoms with van der Waals surface area (Å²) in [5, 5.41) is 9.17. The standard InChI is InChI=1S/C16H28N2/c1-3-11-15-13-9-7-5-6-8-10-14-16(12-4-2)18-17-15/h7-10,15-16H,3-6,11-14H2,1-2H3/b9-7+,10-8+,18-17+. The SMILES string of the molecule is CCCC1C/C=C/CC/C=C/CC(CCC)/N=N/1. The van der Waals surface area contributed by atoms with Crippen LogP contribution in [-0.2, 0) is 0 Å². The van der Waals surface area contributed by atoms with Crippen LogP contribution < -0.4 is 0 Å². The van der Waals surface area contributed by atoms with Crippen LogP contribution in [0.1, 0.15) is 65.2 Å². The molecule has 0 fully saturated rings. The van der Waals surface area contributed by atoms with E-state index in [9.17, 15) is 0 Å². The van der Waals surface area contributed by atoms with E-state index in [2.05, 4.69) is 48.4 Å². The van der Waals surface area contributed by atoms with Crippen molar-refractivity contribution in [3.63, 3.8) is 0 Å². The lowest BCUT2D eigenvalue weighted by Gasteiger charge is -2.11. The third kappa shape index (κ3) is 6.73. The van der Waals surface area contributed by atoms with E-state index in [1.54, 1.807) is 0 Å². The Bertz CT molecular complexity index is 251. The van der Waals surface area contributed by atoms with Crippen molar-refractivity contribution in [2.75, 3.05) is 0 Å². The highest BCUT2D eigenvalue weighted by Gasteiger charge is 2.07. The van der Waals surface area contributed by atoms with Gasteiger partial charge in [-0.3, -0.25) is 0 Å². The summed E-state index contributed by atoms with van der Waals surface area (Å²) in [6, 6.07) is 0.794. The molecule has 0 amide bonds. The van der Waals surface area contributed by atoms with Crippen molar-refractivity contribution in [1.82, 2.24) is 0 Å². The van der Waals surface area contributed by atoms with Crippen LogP contribution in [0.2, 0.25) is 0 Å². The van der Waals surface area contributed by atoms with E-state index in [1.807, 2.05) is 0 Å². The maximum atomic E-state index is 4.59. The molecule has 0 bridgehead atoms. The number of allylic oxidation sites excluding steroid dienone is 2. The van der Waals surface area contributed by atoms with Gasteiger partial charge in [0, 0.05) is 0 Å². The Morgan fingerprint density at radius 2 is 1.22 bits per heavy atom. The van der Waals surface area contributed by atoms with Crippen LogP contribution in [0.25, 0.3) is 0 Å². The molecule has 102 valence electrons. The molecule has 0 aromatic rings. The minimum absolute atomic E-state index is 0.397. The molecule has 0 radical (unpaired) electrons. The molecule has 1 aliphatic rings. The summed E-state index contributed by atoms with van der Waals surface area (Å²) in [4.78, 5) is 0. The summed E-state index contributed by atoms with van der Waals surface area (Å²) in [5.41, 5.74) is 0. The second kappa shape index (κ2) is 10.0.